The average molecular weight is 201 g/mol. The number of rotatable bonds is 8. The van der Waals surface area contributed by atoms with Gasteiger partial charge in [0.25, 0.3) is 0 Å². The van der Waals surface area contributed by atoms with Crippen molar-refractivity contribution in [3.63, 3.8) is 0 Å². The zero-order valence-electron chi connectivity index (χ0n) is 9.51. The Morgan fingerprint density at radius 3 is 2.08 bits per heavy atom. The highest BCUT2D eigenvalue weighted by Gasteiger charge is 2.05. The predicted octanol–water partition coefficient (Wildman–Crippen LogP) is 4.82. The van der Waals surface area contributed by atoms with Crippen molar-refractivity contribution in [2.24, 2.45) is 11.8 Å². The Morgan fingerprint density at radius 1 is 0.923 bits per heavy atom. The molecule has 0 saturated carbocycles. The molecule has 0 nitrogen and oxygen atoms in total. The third-order valence-corrected chi connectivity index (χ3v) is 3.31. The number of unbranched alkanes of at least 4 members (excludes halogenated alkanes) is 2. The van der Waals surface area contributed by atoms with E-state index in [4.69, 9.17) is 12.6 Å². The Labute approximate surface area is 89.9 Å². The molecule has 1 heteroatoms. The van der Waals surface area contributed by atoms with Gasteiger partial charge < -0.3 is 0 Å². The van der Waals surface area contributed by atoms with E-state index >= 15 is 0 Å². The van der Waals surface area contributed by atoms with Gasteiger partial charge in [-0.15, -0.1) is 0 Å². The summed E-state index contributed by atoms with van der Waals surface area (Å²) in [6.07, 6.45) is 8.28. The van der Waals surface area contributed by atoms with Crippen molar-refractivity contribution < 1.29 is 0 Å². The van der Waals surface area contributed by atoms with Crippen LogP contribution in [0.4, 0.5) is 0 Å². The largest absolute Gasteiger partial charge is 0.0939 e. The summed E-state index contributed by atoms with van der Waals surface area (Å²) < 4.78 is 0. The minimum absolute atomic E-state index is 0.753. The molecule has 0 fully saturated rings. The summed E-state index contributed by atoms with van der Waals surface area (Å²) in [5.41, 5.74) is 0. The molecule has 0 bridgehead atoms. The van der Waals surface area contributed by atoms with Crippen LogP contribution < -0.4 is 0 Å². The molecule has 0 saturated heterocycles. The lowest BCUT2D eigenvalue weighted by Gasteiger charge is -2.13. The summed E-state index contributed by atoms with van der Waals surface area (Å²) in [7, 11) is 0. The lowest BCUT2D eigenvalue weighted by atomic mass is 9.94. The van der Waals surface area contributed by atoms with Crippen molar-refractivity contribution in [2.75, 3.05) is 5.75 Å². The molecule has 0 aliphatic heterocycles. The molecule has 0 amide bonds. The minimum Gasteiger partial charge on any atom is -0.0939 e. The van der Waals surface area contributed by atoms with Crippen LogP contribution in [0.25, 0.3) is 0 Å². The fraction of sp³-hybridized carbons (Fsp3) is 1.00. The molecule has 0 aliphatic carbocycles. The zero-order valence-corrected chi connectivity index (χ0v) is 10.3. The summed E-state index contributed by atoms with van der Waals surface area (Å²) in [6.45, 7) is 6.92. The standard InChI is InChI=1S/C12H25S/c1-4-5-6-7-11(2)8-9-12(3)10-13/h11-12H,4-10H2,1-3H3. The van der Waals surface area contributed by atoms with Crippen LogP contribution in [0.15, 0.2) is 0 Å². The van der Waals surface area contributed by atoms with E-state index in [9.17, 15) is 0 Å². The molecule has 0 aromatic carbocycles. The van der Waals surface area contributed by atoms with E-state index in [1.165, 1.54) is 38.5 Å². The van der Waals surface area contributed by atoms with Crippen LogP contribution in [-0.2, 0) is 0 Å². The summed E-state index contributed by atoms with van der Waals surface area (Å²) >= 11 is 5.03. The van der Waals surface area contributed by atoms with Gasteiger partial charge in [0, 0.05) is 5.75 Å². The predicted molar refractivity (Wildman–Crippen MR) is 64.2 cm³/mol. The topological polar surface area (TPSA) is 0 Å². The second kappa shape index (κ2) is 8.93. The third-order valence-electron chi connectivity index (χ3n) is 2.74. The quantitative estimate of drug-likeness (QED) is 0.494. The Balaban J connectivity index is 3.24. The highest BCUT2D eigenvalue weighted by atomic mass is 32.1. The maximum Gasteiger partial charge on any atom is 0.00626 e. The Hall–Kier alpha value is 0.350. The minimum atomic E-state index is 0.753. The zero-order chi connectivity index (χ0) is 10.1. The van der Waals surface area contributed by atoms with Gasteiger partial charge >= 0.3 is 0 Å². The van der Waals surface area contributed by atoms with E-state index in [-0.39, 0.29) is 0 Å². The third kappa shape index (κ3) is 8.67. The summed E-state index contributed by atoms with van der Waals surface area (Å²) in [5, 5.41) is 0. The van der Waals surface area contributed by atoms with Crippen LogP contribution in [0.2, 0.25) is 0 Å². The molecule has 0 aliphatic rings. The van der Waals surface area contributed by atoms with Crippen molar-refractivity contribution in [1.29, 1.82) is 0 Å². The van der Waals surface area contributed by atoms with E-state index in [0.717, 1.165) is 17.6 Å². The van der Waals surface area contributed by atoms with Crippen molar-refractivity contribution in [2.45, 2.75) is 59.3 Å². The Morgan fingerprint density at radius 2 is 1.54 bits per heavy atom. The number of hydrogen-bond acceptors (Lipinski definition) is 0. The smallest absolute Gasteiger partial charge is 0.00626 e. The van der Waals surface area contributed by atoms with Gasteiger partial charge in [-0.05, 0) is 18.3 Å². The summed E-state index contributed by atoms with van der Waals surface area (Å²) in [6, 6.07) is 0. The van der Waals surface area contributed by atoms with Crippen LogP contribution in [0.5, 0.6) is 0 Å². The van der Waals surface area contributed by atoms with Crippen molar-refractivity contribution >= 4 is 12.6 Å². The number of hydrogen-bond donors (Lipinski definition) is 0. The van der Waals surface area contributed by atoms with Crippen LogP contribution in [0.3, 0.4) is 0 Å². The summed E-state index contributed by atoms with van der Waals surface area (Å²) in [5.74, 6) is 2.60. The molecule has 1 radical (unpaired) electrons. The molecule has 13 heavy (non-hydrogen) atoms. The second-order valence-corrected chi connectivity index (χ2v) is 4.78. The maximum absolute atomic E-state index is 5.03. The van der Waals surface area contributed by atoms with E-state index in [1.54, 1.807) is 0 Å². The van der Waals surface area contributed by atoms with Gasteiger partial charge in [0.1, 0.15) is 0 Å². The van der Waals surface area contributed by atoms with Crippen LogP contribution >= 0.6 is 12.6 Å². The monoisotopic (exact) mass is 201 g/mol. The first-order valence-electron chi connectivity index (χ1n) is 5.78. The molecular formula is C12H25S. The lowest BCUT2D eigenvalue weighted by Crippen LogP contribution is -2.01. The van der Waals surface area contributed by atoms with E-state index < -0.39 is 0 Å². The molecule has 0 aromatic rings. The van der Waals surface area contributed by atoms with Gasteiger partial charge in [-0.25, -0.2) is 0 Å². The first-order chi connectivity index (χ1) is 6.20. The van der Waals surface area contributed by atoms with Crippen LogP contribution in [0.1, 0.15) is 59.3 Å². The highest BCUT2D eigenvalue weighted by molar-refractivity contribution is 7.80. The maximum atomic E-state index is 5.03. The second-order valence-electron chi connectivity index (χ2n) is 4.45. The normalized spacial score (nSPS) is 15.7. The fourth-order valence-corrected chi connectivity index (χ4v) is 1.71. The van der Waals surface area contributed by atoms with Crippen molar-refractivity contribution in [1.82, 2.24) is 0 Å². The Kier molecular flexibility index (Phi) is 9.17. The van der Waals surface area contributed by atoms with Gasteiger partial charge in [0.15, 0.2) is 0 Å². The first-order valence-corrected chi connectivity index (χ1v) is 6.36. The fourth-order valence-electron chi connectivity index (χ4n) is 1.54. The van der Waals surface area contributed by atoms with Crippen LogP contribution in [0, 0.1) is 11.8 Å². The molecule has 0 rings (SSSR count). The molecule has 79 valence electrons. The molecular weight excluding hydrogens is 176 g/mol. The summed E-state index contributed by atoms with van der Waals surface area (Å²) in [4.78, 5) is 0. The van der Waals surface area contributed by atoms with Crippen molar-refractivity contribution in [3.05, 3.63) is 0 Å². The first kappa shape index (κ1) is 13.4. The molecule has 2 atom stereocenters. The van der Waals surface area contributed by atoms with Crippen molar-refractivity contribution in [3.8, 4) is 0 Å². The van der Waals surface area contributed by atoms with Gasteiger partial charge in [0.2, 0.25) is 0 Å². The molecule has 0 aromatic heterocycles. The molecule has 0 heterocycles. The van der Waals surface area contributed by atoms with E-state index in [1.807, 2.05) is 0 Å². The van der Waals surface area contributed by atoms with Crippen LogP contribution in [-0.4, -0.2) is 5.75 Å². The highest BCUT2D eigenvalue weighted by Crippen LogP contribution is 2.18. The van der Waals surface area contributed by atoms with E-state index in [2.05, 4.69) is 20.8 Å². The average Bonchev–Trinajstić information content (AvgIpc) is 2.14. The van der Waals surface area contributed by atoms with Gasteiger partial charge in [-0.1, -0.05) is 65.5 Å². The van der Waals surface area contributed by atoms with E-state index in [0.29, 0.717) is 0 Å². The van der Waals surface area contributed by atoms with Gasteiger partial charge in [-0.2, -0.15) is 0 Å². The lowest BCUT2D eigenvalue weighted by molar-refractivity contribution is 0.416. The van der Waals surface area contributed by atoms with Gasteiger partial charge in [-0.3, -0.25) is 0 Å². The molecule has 0 N–H and O–H groups in total. The SMILES string of the molecule is CCCCCC(C)CCC(C)C[S]. The molecule has 0 spiro atoms. The Bertz CT molecular complexity index is 101. The molecule has 2 unspecified atom stereocenters. The van der Waals surface area contributed by atoms with Gasteiger partial charge in [0.05, 0.1) is 0 Å².